The average Bonchev–Trinajstić information content (AvgIpc) is 2.96. The fraction of sp³-hybridized carbons (Fsp3) is 0.0714. The van der Waals surface area contributed by atoms with Crippen LogP contribution >= 0.6 is 11.8 Å². The standard InChI is InChI=1S/C14H10FN3O2S/c15-9-4-1-2-6-11(9)21-8-12-17-14(20-18-12)13-10(19)5-3-7-16-13/h1-7,19H,8H2. The Morgan fingerprint density at radius 2 is 2.05 bits per heavy atom. The third-order valence-corrected chi connectivity index (χ3v) is 3.70. The lowest BCUT2D eigenvalue weighted by Gasteiger charge is -1.99. The van der Waals surface area contributed by atoms with Gasteiger partial charge in [0, 0.05) is 11.1 Å². The van der Waals surface area contributed by atoms with E-state index in [1.807, 2.05) is 0 Å². The van der Waals surface area contributed by atoms with E-state index in [0.717, 1.165) is 0 Å². The van der Waals surface area contributed by atoms with Gasteiger partial charge >= 0.3 is 0 Å². The molecule has 0 fully saturated rings. The summed E-state index contributed by atoms with van der Waals surface area (Å²) in [5.41, 5.74) is 0.229. The van der Waals surface area contributed by atoms with E-state index in [1.165, 1.54) is 30.1 Å². The Morgan fingerprint density at radius 3 is 2.86 bits per heavy atom. The molecule has 0 amide bonds. The van der Waals surface area contributed by atoms with Crippen LogP contribution in [0.1, 0.15) is 5.82 Å². The van der Waals surface area contributed by atoms with Crippen LogP contribution in [0.15, 0.2) is 52.0 Å². The van der Waals surface area contributed by atoms with E-state index in [4.69, 9.17) is 4.52 Å². The number of nitrogens with zero attached hydrogens (tertiary/aromatic N) is 3. The number of hydrogen-bond acceptors (Lipinski definition) is 6. The molecule has 0 saturated heterocycles. The molecule has 0 bridgehead atoms. The van der Waals surface area contributed by atoms with E-state index >= 15 is 0 Å². The summed E-state index contributed by atoms with van der Waals surface area (Å²) < 4.78 is 18.5. The first-order valence-electron chi connectivity index (χ1n) is 6.08. The number of rotatable bonds is 4. The lowest BCUT2D eigenvalue weighted by Crippen LogP contribution is -1.87. The molecule has 0 atom stereocenters. The van der Waals surface area contributed by atoms with Gasteiger partial charge in [-0.05, 0) is 24.3 Å². The molecular weight excluding hydrogens is 293 g/mol. The maximum atomic E-state index is 13.5. The molecule has 1 aromatic carbocycles. The van der Waals surface area contributed by atoms with Gasteiger partial charge in [0.2, 0.25) is 0 Å². The summed E-state index contributed by atoms with van der Waals surface area (Å²) in [4.78, 5) is 8.64. The maximum absolute atomic E-state index is 13.5. The van der Waals surface area contributed by atoms with Gasteiger partial charge in [0.05, 0.1) is 5.75 Å². The molecule has 0 radical (unpaired) electrons. The number of benzene rings is 1. The molecule has 0 aliphatic rings. The highest BCUT2D eigenvalue weighted by Crippen LogP contribution is 2.27. The van der Waals surface area contributed by atoms with Crippen molar-refractivity contribution in [3.05, 3.63) is 54.2 Å². The molecule has 0 unspecified atom stereocenters. The molecular formula is C14H10FN3O2S. The van der Waals surface area contributed by atoms with E-state index in [0.29, 0.717) is 16.5 Å². The molecule has 3 aromatic rings. The summed E-state index contributed by atoms with van der Waals surface area (Å²) in [5, 5.41) is 13.5. The second kappa shape index (κ2) is 5.92. The predicted octanol–water partition coefficient (Wildman–Crippen LogP) is 3.27. The largest absolute Gasteiger partial charge is 0.505 e. The first-order valence-corrected chi connectivity index (χ1v) is 7.07. The summed E-state index contributed by atoms with van der Waals surface area (Å²) in [6.07, 6.45) is 1.52. The summed E-state index contributed by atoms with van der Waals surface area (Å²) in [5.74, 6) is 0.585. The number of halogens is 1. The molecule has 2 heterocycles. The number of aromatic nitrogens is 3. The van der Waals surface area contributed by atoms with Crippen LogP contribution in [0.4, 0.5) is 4.39 Å². The second-order valence-electron chi connectivity index (χ2n) is 4.11. The van der Waals surface area contributed by atoms with Crippen LogP contribution in [0.2, 0.25) is 0 Å². The van der Waals surface area contributed by atoms with E-state index in [1.54, 1.807) is 24.3 Å². The van der Waals surface area contributed by atoms with Crippen LogP contribution in [-0.2, 0) is 5.75 Å². The van der Waals surface area contributed by atoms with E-state index in [-0.39, 0.29) is 23.2 Å². The average molecular weight is 303 g/mol. The summed E-state index contributed by atoms with van der Waals surface area (Å²) in [6.45, 7) is 0. The third-order valence-electron chi connectivity index (χ3n) is 2.65. The van der Waals surface area contributed by atoms with Gasteiger partial charge in [-0.2, -0.15) is 4.98 Å². The number of thioether (sulfide) groups is 1. The van der Waals surface area contributed by atoms with E-state index in [2.05, 4.69) is 15.1 Å². The Labute approximate surface area is 123 Å². The molecule has 5 nitrogen and oxygen atoms in total. The Balaban J connectivity index is 1.74. The van der Waals surface area contributed by atoms with Gasteiger partial charge in [-0.1, -0.05) is 17.3 Å². The summed E-state index contributed by atoms with van der Waals surface area (Å²) in [6, 6.07) is 9.57. The van der Waals surface area contributed by atoms with Crippen LogP contribution < -0.4 is 0 Å². The van der Waals surface area contributed by atoms with Crippen molar-refractivity contribution >= 4 is 11.8 Å². The quantitative estimate of drug-likeness (QED) is 0.746. The van der Waals surface area contributed by atoms with Crippen molar-refractivity contribution in [2.24, 2.45) is 0 Å². The van der Waals surface area contributed by atoms with Crippen LogP contribution in [0.25, 0.3) is 11.6 Å². The molecule has 0 aliphatic carbocycles. The van der Waals surface area contributed by atoms with Crippen molar-refractivity contribution in [1.29, 1.82) is 0 Å². The van der Waals surface area contributed by atoms with E-state index < -0.39 is 0 Å². The van der Waals surface area contributed by atoms with Gasteiger partial charge < -0.3 is 9.63 Å². The normalized spacial score (nSPS) is 10.7. The molecule has 2 aromatic heterocycles. The fourth-order valence-corrected chi connectivity index (χ4v) is 2.46. The lowest BCUT2D eigenvalue weighted by molar-refractivity contribution is 0.417. The first-order chi connectivity index (χ1) is 10.2. The molecule has 7 heteroatoms. The highest BCUT2D eigenvalue weighted by molar-refractivity contribution is 7.98. The zero-order valence-corrected chi connectivity index (χ0v) is 11.5. The van der Waals surface area contributed by atoms with Crippen LogP contribution in [-0.4, -0.2) is 20.2 Å². The molecule has 0 saturated carbocycles. The van der Waals surface area contributed by atoms with E-state index in [9.17, 15) is 9.50 Å². The maximum Gasteiger partial charge on any atom is 0.280 e. The van der Waals surface area contributed by atoms with Gasteiger partial charge in [0.1, 0.15) is 11.6 Å². The molecule has 3 rings (SSSR count). The van der Waals surface area contributed by atoms with Crippen LogP contribution in [0, 0.1) is 5.82 Å². The van der Waals surface area contributed by atoms with Crippen molar-refractivity contribution in [3.63, 3.8) is 0 Å². The van der Waals surface area contributed by atoms with Gasteiger partial charge in [-0.3, -0.25) is 0 Å². The van der Waals surface area contributed by atoms with Crippen molar-refractivity contribution in [2.75, 3.05) is 0 Å². The van der Waals surface area contributed by atoms with Crippen molar-refractivity contribution < 1.29 is 14.0 Å². The minimum atomic E-state index is -0.284. The molecule has 1 N–H and O–H groups in total. The fourth-order valence-electron chi connectivity index (χ4n) is 1.67. The molecule has 0 aliphatic heterocycles. The zero-order valence-electron chi connectivity index (χ0n) is 10.7. The van der Waals surface area contributed by atoms with Gasteiger partial charge in [0.15, 0.2) is 11.5 Å². The number of hydrogen-bond donors (Lipinski definition) is 1. The number of pyridine rings is 1. The van der Waals surface area contributed by atoms with Crippen molar-refractivity contribution in [2.45, 2.75) is 10.6 Å². The lowest BCUT2D eigenvalue weighted by atomic mass is 10.3. The van der Waals surface area contributed by atoms with Gasteiger partial charge in [-0.15, -0.1) is 11.8 Å². The minimum absolute atomic E-state index is 0.0329. The van der Waals surface area contributed by atoms with Crippen LogP contribution in [0.3, 0.4) is 0 Å². The Morgan fingerprint density at radius 1 is 1.19 bits per heavy atom. The molecule has 0 spiro atoms. The van der Waals surface area contributed by atoms with Crippen LogP contribution in [0.5, 0.6) is 5.75 Å². The monoisotopic (exact) mass is 303 g/mol. The zero-order chi connectivity index (χ0) is 14.7. The minimum Gasteiger partial charge on any atom is -0.505 e. The van der Waals surface area contributed by atoms with Crippen molar-refractivity contribution in [3.8, 4) is 17.3 Å². The Kier molecular flexibility index (Phi) is 3.83. The molecule has 106 valence electrons. The third kappa shape index (κ3) is 3.03. The summed E-state index contributed by atoms with van der Waals surface area (Å²) >= 11 is 1.27. The van der Waals surface area contributed by atoms with Gasteiger partial charge in [0.25, 0.3) is 5.89 Å². The van der Waals surface area contributed by atoms with Gasteiger partial charge in [-0.25, -0.2) is 9.37 Å². The predicted molar refractivity (Wildman–Crippen MR) is 75.2 cm³/mol. The first kappa shape index (κ1) is 13.6. The van der Waals surface area contributed by atoms with Crippen molar-refractivity contribution in [1.82, 2.24) is 15.1 Å². The highest BCUT2D eigenvalue weighted by atomic mass is 32.2. The SMILES string of the molecule is Oc1cccnc1-c1nc(CSc2ccccc2F)no1. The Hall–Kier alpha value is -2.41. The smallest absolute Gasteiger partial charge is 0.280 e. The highest BCUT2D eigenvalue weighted by Gasteiger charge is 2.14. The topological polar surface area (TPSA) is 72.0 Å². The number of aromatic hydroxyl groups is 1. The molecule has 21 heavy (non-hydrogen) atoms. The summed E-state index contributed by atoms with van der Waals surface area (Å²) in [7, 11) is 0. The second-order valence-corrected chi connectivity index (χ2v) is 5.12. The Bertz CT molecular complexity index is 763.